The van der Waals surface area contributed by atoms with Crippen LogP contribution in [0.5, 0.6) is 0 Å². The lowest BCUT2D eigenvalue weighted by molar-refractivity contribution is -0.155. The Labute approximate surface area is 118 Å². The molecule has 0 aromatic heterocycles. The van der Waals surface area contributed by atoms with E-state index in [9.17, 15) is 9.59 Å². The second kappa shape index (κ2) is 8.31. The quantitative estimate of drug-likeness (QED) is 0.639. The third-order valence-corrected chi connectivity index (χ3v) is 2.69. The minimum atomic E-state index is -1.21. The van der Waals surface area contributed by atoms with Crippen LogP contribution in [0.2, 0.25) is 0 Å². The number of rotatable bonds is 5. The summed E-state index contributed by atoms with van der Waals surface area (Å²) in [5, 5.41) is 5.65. The minimum absolute atomic E-state index is 0. The van der Waals surface area contributed by atoms with Gasteiger partial charge >= 0.3 is 5.97 Å². The Hall–Kier alpha value is -0.890. The maximum atomic E-state index is 12.0. The van der Waals surface area contributed by atoms with Gasteiger partial charge in [-0.1, -0.05) is 0 Å². The number of amides is 1. The zero-order valence-corrected chi connectivity index (χ0v) is 12.2. The fourth-order valence-electron chi connectivity index (χ4n) is 1.75. The van der Waals surface area contributed by atoms with E-state index >= 15 is 0 Å². The topological polar surface area (TPSA) is 85.9 Å². The second-order valence-electron chi connectivity index (χ2n) is 4.31. The van der Waals surface area contributed by atoms with Gasteiger partial charge in [0.1, 0.15) is 6.10 Å². The lowest BCUT2D eigenvalue weighted by atomic mass is 10.0. The van der Waals surface area contributed by atoms with E-state index in [0.29, 0.717) is 13.2 Å². The highest BCUT2D eigenvalue weighted by Gasteiger charge is 2.38. The van der Waals surface area contributed by atoms with Crippen molar-refractivity contribution in [3.05, 3.63) is 0 Å². The Morgan fingerprint density at radius 1 is 1.47 bits per heavy atom. The molecule has 0 saturated carbocycles. The van der Waals surface area contributed by atoms with Gasteiger partial charge in [0.15, 0.2) is 5.54 Å². The van der Waals surface area contributed by atoms with Gasteiger partial charge in [0.05, 0.1) is 20.3 Å². The van der Waals surface area contributed by atoms with Crippen LogP contribution < -0.4 is 10.6 Å². The Morgan fingerprint density at radius 3 is 2.63 bits per heavy atom. The van der Waals surface area contributed by atoms with E-state index in [1.807, 2.05) is 0 Å². The SMILES string of the molecule is COCC(C)(NC(=O)C1CNCCO1)C(=O)OC.Cl. The number of esters is 1. The Balaban J connectivity index is 0.00000324. The summed E-state index contributed by atoms with van der Waals surface area (Å²) in [6.07, 6.45) is -0.598. The highest BCUT2D eigenvalue weighted by Crippen LogP contribution is 2.08. The first-order valence-electron chi connectivity index (χ1n) is 5.75. The van der Waals surface area contributed by atoms with E-state index in [-0.39, 0.29) is 24.9 Å². The Kier molecular flexibility index (Phi) is 7.93. The van der Waals surface area contributed by atoms with Crippen LogP contribution in [0.15, 0.2) is 0 Å². The Morgan fingerprint density at radius 2 is 2.16 bits per heavy atom. The molecule has 1 rings (SSSR count). The summed E-state index contributed by atoms with van der Waals surface area (Å²) in [5.74, 6) is -0.909. The summed E-state index contributed by atoms with van der Waals surface area (Å²) in [4.78, 5) is 23.6. The van der Waals surface area contributed by atoms with E-state index in [4.69, 9.17) is 9.47 Å². The van der Waals surface area contributed by atoms with Crippen molar-refractivity contribution in [3.8, 4) is 0 Å². The summed E-state index contributed by atoms with van der Waals surface area (Å²) >= 11 is 0. The molecule has 0 aromatic rings. The number of methoxy groups -OCH3 is 2. The van der Waals surface area contributed by atoms with Crippen molar-refractivity contribution >= 4 is 24.3 Å². The molecular weight excluding hydrogens is 276 g/mol. The van der Waals surface area contributed by atoms with Crippen LogP contribution in [-0.4, -0.2) is 64.0 Å². The van der Waals surface area contributed by atoms with Crippen molar-refractivity contribution in [2.45, 2.75) is 18.6 Å². The second-order valence-corrected chi connectivity index (χ2v) is 4.31. The van der Waals surface area contributed by atoms with Gasteiger partial charge in [-0.3, -0.25) is 4.79 Å². The molecule has 1 saturated heterocycles. The molecule has 2 atom stereocenters. The van der Waals surface area contributed by atoms with Gasteiger partial charge in [-0.05, 0) is 6.92 Å². The van der Waals surface area contributed by atoms with Gasteiger partial charge in [0.25, 0.3) is 5.91 Å². The lowest BCUT2D eigenvalue weighted by Gasteiger charge is -2.30. The molecule has 0 aromatic carbocycles. The first-order valence-corrected chi connectivity index (χ1v) is 5.75. The van der Waals surface area contributed by atoms with E-state index in [1.54, 1.807) is 6.92 Å². The molecule has 1 aliphatic rings. The zero-order chi connectivity index (χ0) is 13.6. The van der Waals surface area contributed by atoms with E-state index in [1.165, 1.54) is 14.2 Å². The molecule has 19 heavy (non-hydrogen) atoms. The van der Waals surface area contributed by atoms with Crippen LogP contribution in [0.1, 0.15) is 6.92 Å². The monoisotopic (exact) mass is 296 g/mol. The molecular formula is C11H21ClN2O5. The van der Waals surface area contributed by atoms with Crippen LogP contribution in [0.25, 0.3) is 0 Å². The highest BCUT2D eigenvalue weighted by atomic mass is 35.5. The summed E-state index contributed by atoms with van der Waals surface area (Å²) in [6.45, 7) is 3.20. The number of carbonyl (C=O) groups excluding carboxylic acids is 2. The van der Waals surface area contributed by atoms with Crippen molar-refractivity contribution in [2.24, 2.45) is 0 Å². The molecule has 0 aliphatic carbocycles. The third kappa shape index (κ3) is 4.94. The van der Waals surface area contributed by atoms with Crippen LogP contribution in [0.3, 0.4) is 0 Å². The van der Waals surface area contributed by atoms with Crippen molar-refractivity contribution in [1.82, 2.24) is 10.6 Å². The predicted molar refractivity (Wildman–Crippen MR) is 70.3 cm³/mol. The number of nitrogens with one attached hydrogen (secondary N) is 2. The van der Waals surface area contributed by atoms with Crippen LogP contribution in [-0.2, 0) is 23.8 Å². The first-order chi connectivity index (χ1) is 8.53. The molecule has 1 heterocycles. The van der Waals surface area contributed by atoms with Crippen LogP contribution in [0, 0.1) is 0 Å². The lowest BCUT2D eigenvalue weighted by Crippen LogP contribution is -2.60. The van der Waals surface area contributed by atoms with Gasteiger partial charge in [-0.25, -0.2) is 4.79 Å². The highest BCUT2D eigenvalue weighted by molar-refractivity contribution is 5.90. The molecule has 112 valence electrons. The largest absolute Gasteiger partial charge is 0.467 e. The molecule has 0 bridgehead atoms. The summed E-state index contributed by atoms with van der Waals surface area (Å²) in [5.41, 5.74) is -1.21. The van der Waals surface area contributed by atoms with Gasteiger partial charge in [0, 0.05) is 20.2 Å². The van der Waals surface area contributed by atoms with Crippen LogP contribution in [0.4, 0.5) is 0 Å². The molecule has 2 unspecified atom stereocenters. The fraction of sp³-hybridized carbons (Fsp3) is 0.818. The number of ether oxygens (including phenoxy) is 3. The maximum Gasteiger partial charge on any atom is 0.333 e. The molecule has 1 amide bonds. The molecule has 1 aliphatic heterocycles. The van der Waals surface area contributed by atoms with Gasteiger partial charge in [0.2, 0.25) is 0 Å². The summed E-state index contributed by atoms with van der Waals surface area (Å²) < 4.78 is 14.9. The predicted octanol–water partition coefficient (Wildman–Crippen LogP) is -0.909. The normalized spacial score (nSPS) is 21.7. The molecule has 7 nitrogen and oxygen atoms in total. The number of hydrogen-bond acceptors (Lipinski definition) is 6. The summed E-state index contributed by atoms with van der Waals surface area (Å²) in [6, 6.07) is 0. The zero-order valence-electron chi connectivity index (χ0n) is 11.4. The third-order valence-electron chi connectivity index (χ3n) is 2.69. The number of morpholine rings is 1. The van der Waals surface area contributed by atoms with Gasteiger partial charge in [-0.15, -0.1) is 12.4 Å². The minimum Gasteiger partial charge on any atom is -0.467 e. The number of carbonyl (C=O) groups is 2. The van der Waals surface area contributed by atoms with Crippen molar-refractivity contribution < 1.29 is 23.8 Å². The number of hydrogen-bond donors (Lipinski definition) is 2. The molecule has 2 N–H and O–H groups in total. The average molecular weight is 297 g/mol. The fourth-order valence-corrected chi connectivity index (χ4v) is 1.75. The van der Waals surface area contributed by atoms with Gasteiger partial charge < -0.3 is 24.8 Å². The van der Waals surface area contributed by atoms with E-state index < -0.39 is 17.6 Å². The van der Waals surface area contributed by atoms with Gasteiger partial charge in [-0.2, -0.15) is 0 Å². The maximum absolute atomic E-state index is 12.0. The van der Waals surface area contributed by atoms with Crippen LogP contribution >= 0.6 is 12.4 Å². The Bertz CT molecular complexity index is 309. The molecule has 0 radical (unpaired) electrons. The van der Waals surface area contributed by atoms with E-state index in [0.717, 1.165) is 6.54 Å². The number of halogens is 1. The van der Waals surface area contributed by atoms with E-state index in [2.05, 4.69) is 15.4 Å². The summed E-state index contributed by atoms with van der Waals surface area (Å²) in [7, 11) is 2.72. The first kappa shape index (κ1) is 18.1. The standard InChI is InChI=1S/C11H20N2O5.ClH/c1-11(7-16-2,10(15)17-3)13-9(14)8-6-12-4-5-18-8;/h8,12H,4-7H2,1-3H3,(H,13,14);1H. The van der Waals surface area contributed by atoms with Crippen molar-refractivity contribution in [2.75, 3.05) is 40.5 Å². The molecule has 0 spiro atoms. The van der Waals surface area contributed by atoms with Crippen molar-refractivity contribution in [1.29, 1.82) is 0 Å². The smallest absolute Gasteiger partial charge is 0.333 e. The molecule has 8 heteroatoms. The van der Waals surface area contributed by atoms with Crippen molar-refractivity contribution in [3.63, 3.8) is 0 Å². The molecule has 1 fully saturated rings. The average Bonchev–Trinajstić information content (AvgIpc) is 2.39.